The summed E-state index contributed by atoms with van der Waals surface area (Å²) in [5.74, 6) is 4.96. The second kappa shape index (κ2) is 7.60. The van der Waals surface area contributed by atoms with Crippen LogP contribution in [0.15, 0.2) is 23.8 Å². The van der Waals surface area contributed by atoms with Crippen molar-refractivity contribution in [3.8, 4) is 0 Å². The third-order valence-corrected chi connectivity index (χ3v) is 10.2. The SMILES string of the molecule is CC[C@@H](C)/C=C/[C@H](C)[C@H]1CC[C@H]2[C@H]3CC=C4C[C@@H](O)CC[C@]4(C)[C@H]3CC[C@]12C. The van der Waals surface area contributed by atoms with Gasteiger partial charge < -0.3 is 5.11 Å². The monoisotopic (exact) mass is 384 g/mol. The molecule has 4 aliphatic carbocycles. The van der Waals surface area contributed by atoms with Gasteiger partial charge in [0, 0.05) is 0 Å². The average Bonchev–Trinajstić information content (AvgIpc) is 3.03. The van der Waals surface area contributed by atoms with E-state index in [1.165, 1.54) is 44.9 Å². The number of rotatable bonds is 4. The summed E-state index contributed by atoms with van der Waals surface area (Å²) in [5, 5.41) is 10.2. The van der Waals surface area contributed by atoms with Crippen molar-refractivity contribution in [2.45, 2.75) is 98.5 Å². The van der Waals surface area contributed by atoms with Crippen molar-refractivity contribution in [1.29, 1.82) is 0 Å². The minimum Gasteiger partial charge on any atom is -0.393 e. The molecule has 0 aliphatic heterocycles. The highest BCUT2D eigenvalue weighted by molar-refractivity contribution is 5.25. The molecule has 0 spiro atoms. The van der Waals surface area contributed by atoms with Gasteiger partial charge in [0.15, 0.2) is 0 Å². The van der Waals surface area contributed by atoms with Crippen LogP contribution < -0.4 is 0 Å². The fourth-order valence-electron chi connectivity index (χ4n) is 8.18. The molecular formula is C27H44O. The number of fused-ring (bicyclic) bond motifs is 5. The van der Waals surface area contributed by atoms with E-state index >= 15 is 0 Å². The summed E-state index contributed by atoms with van der Waals surface area (Å²) in [5.41, 5.74) is 2.52. The van der Waals surface area contributed by atoms with Crippen molar-refractivity contribution < 1.29 is 5.11 Å². The van der Waals surface area contributed by atoms with Gasteiger partial charge in [-0.25, -0.2) is 0 Å². The molecule has 0 bridgehead atoms. The molecule has 0 aromatic carbocycles. The van der Waals surface area contributed by atoms with Crippen molar-refractivity contribution in [1.82, 2.24) is 0 Å². The van der Waals surface area contributed by atoms with Crippen LogP contribution in [0.5, 0.6) is 0 Å². The summed E-state index contributed by atoms with van der Waals surface area (Å²) in [6, 6.07) is 0. The highest BCUT2D eigenvalue weighted by Gasteiger charge is 2.58. The first-order valence-electron chi connectivity index (χ1n) is 12.4. The molecule has 1 N–H and O–H groups in total. The van der Waals surface area contributed by atoms with Crippen LogP contribution in [0.2, 0.25) is 0 Å². The molecule has 158 valence electrons. The minimum atomic E-state index is -0.0845. The normalized spacial score (nSPS) is 47.8. The predicted molar refractivity (Wildman–Crippen MR) is 119 cm³/mol. The summed E-state index contributed by atoms with van der Waals surface area (Å²) >= 11 is 0. The lowest BCUT2D eigenvalue weighted by molar-refractivity contribution is -0.0540. The third kappa shape index (κ3) is 3.24. The van der Waals surface area contributed by atoms with Gasteiger partial charge in [0.2, 0.25) is 0 Å². The van der Waals surface area contributed by atoms with Gasteiger partial charge in [-0.05, 0) is 97.7 Å². The topological polar surface area (TPSA) is 20.2 Å². The number of aliphatic hydroxyl groups is 1. The lowest BCUT2D eigenvalue weighted by Crippen LogP contribution is -2.50. The van der Waals surface area contributed by atoms with E-state index in [0.29, 0.717) is 16.7 Å². The van der Waals surface area contributed by atoms with Crippen LogP contribution in [0.3, 0.4) is 0 Å². The number of hydrogen-bond donors (Lipinski definition) is 1. The van der Waals surface area contributed by atoms with Crippen molar-refractivity contribution in [3.63, 3.8) is 0 Å². The van der Waals surface area contributed by atoms with E-state index in [-0.39, 0.29) is 6.10 Å². The first-order valence-corrected chi connectivity index (χ1v) is 12.4. The van der Waals surface area contributed by atoms with Crippen molar-refractivity contribution >= 4 is 0 Å². The molecule has 0 aromatic heterocycles. The largest absolute Gasteiger partial charge is 0.393 e. The van der Waals surface area contributed by atoms with Crippen LogP contribution in [0.4, 0.5) is 0 Å². The molecular weight excluding hydrogens is 340 g/mol. The first kappa shape index (κ1) is 20.7. The van der Waals surface area contributed by atoms with E-state index in [1.54, 1.807) is 5.57 Å². The van der Waals surface area contributed by atoms with Gasteiger partial charge in [-0.15, -0.1) is 0 Å². The molecule has 3 saturated carbocycles. The summed E-state index contributed by atoms with van der Waals surface area (Å²) in [7, 11) is 0. The molecule has 0 radical (unpaired) electrons. The van der Waals surface area contributed by atoms with Crippen LogP contribution in [-0.2, 0) is 0 Å². The minimum absolute atomic E-state index is 0.0845. The molecule has 0 heterocycles. The molecule has 9 atom stereocenters. The molecule has 4 rings (SSSR count). The van der Waals surface area contributed by atoms with E-state index in [1.807, 2.05) is 0 Å². The fraction of sp³-hybridized carbons (Fsp3) is 0.852. The molecule has 28 heavy (non-hydrogen) atoms. The number of aliphatic hydroxyl groups excluding tert-OH is 1. The van der Waals surface area contributed by atoms with Crippen molar-refractivity contribution in [2.24, 2.45) is 46.3 Å². The van der Waals surface area contributed by atoms with E-state index in [0.717, 1.165) is 42.4 Å². The van der Waals surface area contributed by atoms with E-state index in [9.17, 15) is 5.11 Å². The van der Waals surface area contributed by atoms with Crippen LogP contribution >= 0.6 is 0 Å². The standard InChI is InChI=1S/C27H44O/c1-6-18(2)7-8-19(3)23-11-12-24-22-10-9-20-17-21(28)13-15-26(20,4)25(22)14-16-27(23,24)5/h7-9,18-19,21-25,28H,6,10-17H2,1-5H3/b8-7+/t18-,19+,21+,22-,23-,24+,25+,26+,27-/m1/s1. The van der Waals surface area contributed by atoms with E-state index < -0.39 is 0 Å². The second-order valence-electron chi connectivity index (χ2n) is 11.5. The fourth-order valence-corrected chi connectivity index (χ4v) is 8.18. The van der Waals surface area contributed by atoms with Crippen LogP contribution in [0, 0.1) is 46.3 Å². The molecule has 0 saturated heterocycles. The summed E-state index contributed by atoms with van der Waals surface area (Å²) in [4.78, 5) is 0. The lowest BCUT2D eigenvalue weighted by Gasteiger charge is -2.58. The third-order valence-electron chi connectivity index (χ3n) is 10.2. The van der Waals surface area contributed by atoms with Gasteiger partial charge in [0.25, 0.3) is 0 Å². The van der Waals surface area contributed by atoms with Gasteiger partial charge in [0.1, 0.15) is 0 Å². The Morgan fingerprint density at radius 3 is 2.61 bits per heavy atom. The highest BCUT2D eigenvalue weighted by Crippen LogP contribution is 2.67. The number of hydrogen-bond acceptors (Lipinski definition) is 1. The summed E-state index contributed by atoms with van der Waals surface area (Å²) in [6.45, 7) is 12.3. The smallest absolute Gasteiger partial charge is 0.0577 e. The van der Waals surface area contributed by atoms with Crippen LogP contribution in [-0.4, -0.2) is 11.2 Å². The Kier molecular flexibility index (Phi) is 5.62. The Morgan fingerprint density at radius 1 is 1.07 bits per heavy atom. The maximum Gasteiger partial charge on any atom is 0.0577 e. The number of allylic oxidation sites excluding steroid dienone is 3. The zero-order chi connectivity index (χ0) is 20.1. The highest BCUT2D eigenvalue weighted by atomic mass is 16.3. The molecule has 1 heteroatoms. The zero-order valence-electron chi connectivity index (χ0n) is 19.1. The Hall–Kier alpha value is -0.560. The Morgan fingerprint density at radius 2 is 1.86 bits per heavy atom. The first-order chi connectivity index (χ1) is 13.3. The van der Waals surface area contributed by atoms with E-state index in [4.69, 9.17) is 0 Å². The van der Waals surface area contributed by atoms with Crippen LogP contribution in [0.1, 0.15) is 92.4 Å². The predicted octanol–water partition coefficient (Wildman–Crippen LogP) is 7.16. The zero-order valence-corrected chi connectivity index (χ0v) is 19.1. The summed E-state index contributed by atoms with van der Waals surface area (Å²) < 4.78 is 0. The molecule has 0 unspecified atom stereocenters. The lowest BCUT2D eigenvalue weighted by atomic mass is 9.47. The van der Waals surface area contributed by atoms with Gasteiger partial charge in [-0.2, -0.15) is 0 Å². The Bertz CT molecular complexity index is 632. The molecule has 3 fully saturated rings. The maximum absolute atomic E-state index is 10.2. The molecule has 0 amide bonds. The van der Waals surface area contributed by atoms with Crippen molar-refractivity contribution in [2.75, 3.05) is 0 Å². The quantitative estimate of drug-likeness (QED) is 0.510. The van der Waals surface area contributed by atoms with Gasteiger partial charge in [-0.1, -0.05) is 64.8 Å². The molecule has 4 aliphatic rings. The summed E-state index contributed by atoms with van der Waals surface area (Å²) in [6.07, 6.45) is 19.0. The van der Waals surface area contributed by atoms with E-state index in [2.05, 4.69) is 52.8 Å². The van der Waals surface area contributed by atoms with Gasteiger partial charge in [-0.3, -0.25) is 0 Å². The van der Waals surface area contributed by atoms with Crippen LogP contribution in [0.25, 0.3) is 0 Å². The molecule has 0 aromatic rings. The second-order valence-corrected chi connectivity index (χ2v) is 11.5. The Labute approximate surface area is 174 Å². The van der Waals surface area contributed by atoms with Gasteiger partial charge in [0.05, 0.1) is 6.10 Å². The maximum atomic E-state index is 10.2. The Balaban J connectivity index is 1.54. The molecule has 1 nitrogen and oxygen atoms in total. The van der Waals surface area contributed by atoms with Gasteiger partial charge >= 0.3 is 0 Å². The van der Waals surface area contributed by atoms with Crippen molar-refractivity contribution in [3.05, 3.63) is 23.8 Å². The average molecular weight is 385 g/mol.